The molecule has 0 aliphatic heterocycles. The Hall–Kier alpha value is -0.880. The molecular weight excluding hydrogens is 268 g/mol. The first-order valence-corrected chi connectivity index (χ1v) is 9.11. The molecule has 2 N–H and O–H groups in total. The van der Waals surface area contributed by atoms with Crippen LogP contribution in [0.25, 0.3) is 0 Å². The van der Waals surface area contributed by atoms with Crippen LogP contribution in [0, 0.1) is 0 Å². The van der Waals surface area contributed by atoms with Gasteiger partial charge in [-0.15, -0.1) is 0 Å². The molecule has 0 unspecified atom stereocenters. The molecule has 0 saturated carbocycles. The van der Waals surface area contributed by atoms with E-state index in [1.54, 1.807) is 6.07 Å². The summed E-state index contributed by atoms with van der Waals surface area (Å²) in [5.74, 6) is 1.16. The first-order chi connectivity index (χ1) is 8.53. The number of thioether (sulfide) groups is 1. The van der Waals surface area contributed by atoms with Crippen molar-refractivity contribution in [3.8, 4) is 0 Å². The highest BCUT2D eigenvalue weighted by Gasteiger charge is 2.05. The van der Waals surface area contributed by atoms with E-state index in [0.717, 1.165) is 37.1 Å². The number of hydrogen-bond acceptors (Lipinski definition) is 4. The van der Waals surface area contributed by atoms with Crippen molar-refractivity contribution in [2.45, 2.75) is 12.8 Å². The van der Waals surface area contributed by atoms with Crippen LogP contribution in [0.2, 0.25) is 0 Å². The molecule has 0 radical (unpaired) electrons. The third-order valence-corrected chi connectivity index (χ3v) is 3.60. The molecule has 18 heavy (non-hydrogen) atoms. The van der Waals surface area contributed by atoms with E-state index in [-0.39, 0.29) is 0 Å². The predicted molar refractivity (Wildman–Crippen MR) is 81.0 cm³/mol. The summed E-state index contributed by atoms with van der Waals surface area (Å²) in [6.07, 6.45) is 5.49. The Morgan fingerprint density at radius 3 is 2.44 bits per heavy atom. The van der Waals surface area contributed by atoms with Crippen LogP contribution in [-0.4, -0.2) is 33.2 Å². The van der Waals surface area contributed by atoms with Gasteiger partial charge < -0.3 is 5.32 Å². The van der Waals surface area contributed by atoms with Crippen molar-refractivity contribution in [1.82, 2.24) is 0 Å². The van der Waals surface area contributed by atoms with Crippen LogP contribution in [0.15, 0.2) is 24.3 Å². The van der Waals surface area contributed by atoms with Gasteiger partial charge in [0.15, 0.2) is 0 Å². The van der Waals surface area contributed by atoms with Crippen LogP contribution in [0.1, 0.15) is 12.8 Å². The van der Waals surface area contributed by atoms with E-state index in [4.69, 9.17) is 0 Å². The SMILES string of the molecule is CSCCCCNc1ccccc1NS(C)(=O)=O. The zero-order valence-electron chi connectivity index (χ0n) is 10.8. The fourth-order valence-electron chi connectivity index (χ4n) is 1.52. The number of sulfonamides is 1. The fourth-order valence-corrected chi connectivity index (χ4v) is 2.59. The summed E-state index contributed by atoms with van der Waals surface area (Å²) in [5.41, 5.74) is 1.43. The highest BCUT2D eigenvalue weighted by Crippen LogP contribution is 2.21. The number of rotatable bonds is 8. The quantitative estimate of drug-likeness (QED) is 0.722. The van der Waals surface area contributed by atoms with Crippen molar-refractivity contribution >= 4 is 33.2 Å². The third-order valence-electron chi connectivity index (χ3n) is 2.31. The molecule has 102 valence electrons. The zero-order chi connectivity index (χ0) is 13.4. The van der Waals surface area contributed by atoms with Gasteiger partial charge in [0.2, 0.25) is 10.0 Å². The molecular formula is C12H20N2O2S2. The summed E-state index contributed by atoms with van der Waals surface area (Å²) >= 11 is 1.84. The molecule has 0 heterocycles. The predicted octanol–water partition coefficient (Wildman–Crippen LogP) is 2.61. The molecule has 1 rings (SSSR count). The number of benzene rings is 1. The lowest BCUT2D eigenvalue weighted by Crippen LogP contribution is -2.12. The molecule has 6 heteroatoms. The Labute approximate surface area is 114 Å². The van der Waals surface area contributed by atoms with Crippen LogP contribution in [0.3, 0.4) is 0 Å². The fraction of sp³-hybridized carbons (Fsp3) is 0.500. The van der Waals surface area contributed by atoms with Crippen LogP contribution in [0.4, 0.5) is 11.4 Å². The second-order valence-corrected chi connectivity index (χ2v) is 6.78. The molecule has 0 saturated heterocycles. The van der Waals surface area contributed by atoms with Crippen LogP contribution in [-0.2, 0) is 10.0 Å². The lowest BCUT2D eigenvalue weighted by atomic mass is 10.2. The van der Waals surface area contributed by atoms with Crippen molar-refractivity contribution in [3.05, 3.63) is 24.3 Å². The topological polar surface area (TPSA) is 58.2 Å². The Kier molecular flexibility index (Phi) is 6.35. The van der Waals surface area contributed by atoms with Gasteiger partial charge in [0, 0.05) is 6.54 Å². The van der Waals surface area contributed by atoms with Gasteiger partial charge in [-0.25, -0.2) is 8.42 Å². The Morgan fingerprint density at radius 2 is 1.83 bits per heavy atom. The molecule has 0 aliphatic rings. The Balaban J connectivity index is 2.54. The van der Waals surface area contributed by atoms with E-state index in [1.807, 2.05) is 30.0 Å². The summed E-state index contributed by atoms with van der Waals surface area (Å²) in [7, 11) is -3.23. The van der Waals surface area contributed by atoms with Crippen LogP contribution >= 0.6 is 11.8 Å². The molecule has 0 fully saturated rings. The highest BCUT2D eigenvalue weighted by atomic mass is 32.2. The average Bonchev–Trinajstić information content (AvgIpc) is 2.29. The molecule has 0 aromatic heterocycles. The summed E-state index contributed by atoms with van der Waals surface area (Å²) < 4.78 is 25.0. The maximum absolute atomic E-state index is 11.2. The van der Waals surface area contributed by atoms with Crippen LogP contribution < -0.4 is 10.0 Å². The average molecular weight is 288 g/mol. The first-order valence-electron chi connectivity index (χ1n) is 5.82. The molecule has 0 bridgehead atoms. The van der Waals surface area contributed by atoms with Gasteiger partial charge in [-0.05, 0) is 37.0 Å². The second-order valence-electron chi connectivity index (χ2n) is 4.05. The van der Waals surface area contributed by atoms with Gasteiger partial charge in [0.1, 0.15) is 0 Å². The smallest absolute Gasteiger partial charge is 0.229 e. The minimum atomic E-state index is -3.23. The van der Waals surface area contributed by atoms with E-state index in [2.05, 4.69) is 16.3 Å². The number of para-hydroxylation sites is 2. The number of unbranched alkanes of at least 4 members (excludes halogenated alkanes) is 1. The van der Waals surface area contributed by atoms with Crippen LogP contribution in [0.5, 0.6) is 0 Å². The highest BCUT2D eigenvalue weighted by molar-refractivity contribution is 7.98. The molecule has 0 spiro atoms. The van der Waals surface area contributed by atoms with E-state index >= 15 is 0 Å². The summed E-state index contributed by atoms with van der Waals surface area (Å²) in [5, 5.41) is 3.26. The Bertz CT molecular complexity index is 461. The van der Waals surface area contributed by atoms with E-state index < -0.39 is 10.0 Å². The first kappa shape index (κ1) is 15.2. The van der Waals surface area contributed by atoms with Crippen molar-refractivity contribution in [2.24, 2.45) is 0 Å². The minimum absolute atomic E-state index is 0.602. The standard InChI is InChI=1S/C12H20N2O2S2/c1-17-10-6-5-9-13-11-7-3-4-8-12(11)14-18(2,15)16/h3-4,7-8,13-14H,5-6,9-10H2,1-2H3. The monoisotopic (exact) mass is 288 g/mol. The van der Waals surface area contributed by atoms with Crippen molar-refractivity contribution < 1.29 is 8.42 Å². The number of hydrogen-bond donors (Lipinski definition) is 2. The lowest BCUT2D eigenvalue weighted by molar-refractivity contribution is 0.607. The van der Waals surface area contributed by atoms with Gasteiger partial charge >= 0.3 is 0 Å². The molecule has 0 atom stereocenters. The largest absolute Gasteiger partial charge is 0.383 e. The number of anilines is 2. The second kappa shape index (κ2) is 7.53. The molecule has 0 aliphatic carbocycles. The summed E-state index contributed by atoms with van der Waals surface area (Å²) in [6, 6.07) is 7.33. The minimum Gasteiger partial charge on any atom is -0.383 e. The molecule has 1 aromatic carbocycles. The maximum Gasteiger partial charge on any atom is 0.229 e. The summed E-state index contributed by atoms with van der Waals surface area (Å²) in [4.78, 5) is 0. The van der Waals surface area contributed by atoms with Gasteiger partial charge in [-0.1, -0.05) is 12.1 Å². The van der Waals surface area contributed by atoms with Crippen molar-refractivity contribution in [2.75, 3.05) is 34.8 Å². The van der Waals surface area contributed by atoms with Crippen molar-refractivity contribution in [3.63, 3.8) is 0 Å². The summed E-state index contributed by atoms with van der Waals surface area (Å²) in [6.45, 7) is 0.850. The maximum atomic E-state index is 11.2. The van der Waals surface area contributed by atoms with Crippen molar-refractivity contribution in [1.29, 1.82) is 0 Å². The molecule has 4 nitrogen and oxygen atoms in total. The zero-order valence-corrected chi connectivity index (χ0v) is 12.4. The van der Waals surface area contributed by atoms with Gasteiger partial charge in [0.05, 0.1) is 17.6 Å². The molecule has 0 amide bonds. The Morgan fingerprint density at radius 1 is 1.17 bits per heavy atom. The third kappa shape index (κ3) is 6.16. The van der Waals surface area contributed by atoms with Gasteiger partial charge in [-0.3, -0.25) is 4.72 Å². The molecule has 1 aromatic rings. The lowest BCUT2D eigenvalue weighted by Gasteiger charge is -2.12. The van der Waals surface area contributed by atoms with E-state index in [0.29, 0.717) is 5.69 Å². The van der Waals surface area contributed by atoms with Gasteiger partial charge in [-0.2, -0.15) is 11.8 Å². The van der Waals surface area contributed by atoms with Gasteiger partial charge in [0.25, 0.3) is 0 Å². The normalized spacial score (nSPS) is 11.2. The van der Waals surface area contributed by atoms with E-state index in [9.17, 15) is 8.42 Å². The number of nitrogens with one attached hydrogen (secondary N) is 2. The van der Waals surface area contributed by atoms with E-state index in [1.165, 1.54) is 0 Å².